The number of aliphatic hydroxyl groups excluding tert-OH is 1. The van der Waals surface area contributed by atoms with Crippen LogP contribution in [0.5, 0.6) is 0 Å². The maximum atomic E-state index is 8.95. The van der Waals surface area contributed by atoms with Gasteiger partial charge in [-0.15, -0.1) is 0 Å². The van der Waals surface area contributed by atoms with E-state index >= 15 is 0 Å². The molecular weight excluding hydrogens is 154 g/mol. The van der Waals surface area contributed by atoms with Crippen molar-refractivity contribution < 1.29 is 10.2 Å². The summed E-state index contributed by atoms with van der Waals surface area (Å²) in [6, 6.07) is 7.13. The van der Waals surface area contributed by atoms with Gasteiger partial charge in [0, 0.05) is 17.8 Å². The highest BCUT2D eigenvalue weighted by Crippen LogP contribution is 2.20. The summed E-state index contributed by atoms with van der Waals surface area (Å²) in [5, 5.41) is 20.9. The van der Waals surface area contributed by atoms with E-state index in [1.807, 2.05) is 19.1 Å². The lowest BCUT2D eigenvalue weighted by Gasteiger charge is -2.11. The Balaban J connectivity index is 2.92. The van der Waals surface area contributed by atoms with Gasteiger partial charge in [-0.25, -0.2) is 0 Å². The first-order chi connectivity index (χ1) is 5.75. The first kappa shape index (κ1) is 9.03. The molecular formula is C9H13NO2. The Morgan fingerprint density at radius 2 is 2.00 bits per heavy atom. The fraction of sp³-hybridized carbons (Fsp3) is 0.333. The third-order valence-corrected chi connectivity index (χ3v) is 1.61. The fourth-order valence-corrected chi connectivity index (χ4v) is 1.07. The first-order valence-corrected chi connectivity index (χ1v) is 3.94. The highest BCUT2D eigenvalue weighted by molar-refractivity contribution is 5.51. The summed E-state index contributed by atoms with van der Waals surface area (Å²) >= 11 is 0. The van der Waals surface area contributed by atoms with E-state index in [1.165, 1.54) is 0 Å². The highest BCUT2D eigenvalue weighted by Gasteiger charge is 2.06. The molecule has 66 valence electrons. The number of benzene rings is 1. The summed E-state index contributed by atoms with van der Waals surface area (Å²) in [5.41, 5.74) is 1.29. The maximum absolute atomic E-state index is 8.95. The van der Waals surface area contributed by atoms with Crippen LogP contribution in [0.2, 0.25) is 0 Å². The fourth-order valence-electron chi connectivity index (χ4n) is 1.07. The van der Waals surface area contributed by atoms with Crippen LogP contribution < -0.4 is 5.32 Å². The molecule has 1 aromatic rings. The molecule has 0 aliphatic heterocycles. The van der Waals surface area contributed by atoms with Crippen molar-refractivity contribution in [3.63, 3.8) is 0 Å². The lowest BCUT2D eigenvalue weighted by Crippen LogP contribution is -2.03. The van der Waals surface area contributed by atoms with E-state index in [1.54, 1.807) is 12.1 Å². The molecule has 0 saturated carbocycles. The Hall–Kier alpha value is -1.06. The minimum Gasteiger partial charge on any atom is -0.385 e. The standard InChI is InChI=1S/C9H13NO2/c1-2-10-8-6-4-3-5-7(8)9(11)12/h3-6,9-12H,2H2,1H3. The van der Waals surface area contributed by atoms with E-state index in [0.29, 0.717) is 5.56 Å². The molecule has 0 saturated heterocycles. The SMILES string of the molecule is CCNc1ccccc1C(O)O. The molecule has 12 heavy (non-hydrogen) atoms. The number of para-hydroxylation sites is 1. The normalized spacial score (nSPS) is 10.3. The van der Waals surface area contributed by atoms with E-state index in [0.717, 1.165) is 12.2 Å². The summed E-state index contributed by atoms with van der Waals surface area (Å²) in [7, 11) is 0. The third kappa shape index (κ3) is 1.96. The quantitative estimate of drug-likeness (QED) is 0.591. The van der Waals surface area contributed by atoms with E-state index in [2.05, 4.69) is 5.32 Å². The second kappa shape index (κ2) is 4.09. The van der Waals surface area contributed by atoms with Gasteiger partial charge in [0.1, 0.15) is 0 Å². The molecule has 1 aromatic carbocycles. The minimum absolute atomic E-state index is 0.513. The molecule has 3 heteroatoms. The lowest BCUT2D eigenvalue weighted by atomic mass is 10.1. The predicted molar refractivity (Wildman–Crippen MR) is 47.8 cm³/mol. The Labute approximate surface area is 71.7 Å². The number of hydrogen-bond donors (Lipinski definition) is 3. The van der Waals surface area contributed by atoms with Crippen LogP contribution in [0, 0.1) is 0 Å². The van der Waals surface area contributed by atoms with Crippen LogP contribution in [-0.2, 0) is 0 Å². The molecule has 0 aliphatic carbocycles. The van der Waals surface area contributed by atoms with Crippen LogP contribution in [0.25, 0.3) is 0 Å². The van der Waals surface area contributed by atoms with E-state index in [9.17, 15) is 0 Å². The zero-order valence-electron chi connectivity index (χ0n) is 6.99. The van der Waals surface area contributed by atoms with Crippen molar-refractivity contribution in [1.82, 2.24) is 0 Å². The number of rotatable bonds is 3. The van der Waals surface area contributed by atoms with Crippen LogP contribution in [0.4, 0.5) is 5.69 Å². The van der Waals surface area contributed by atoms with Crippen LogP contribution in [-0.4, -0.2) is 16.8 Å². The van der Waals surface area contributed by atoms with E-state index in [-0.39, 0.29) is 0 Å². The minimum atomic E-state index is -1.40. The third-order valence-electron chi connectivity index (χ3n) is 1.61. The van der Waals surface area contributed by atoms with Crippen molar-refractivity contribution in [2.24, 2.45) is 0 Å². The van der Waals surface area contributed by atoms with Gasteiger partial charge in [0.25, 0.3) is 0 Å². The molecule has 1 rings (SSSR count). The van der Waals surface area contributed by atoms with Gasteiger partial charge in [0.2, 0.25) is 0 Å². The molecule has 0 radical (unpaired) electrons. The maximum Gasteiger partial charge on any atom is 0.180 e. The molecule has 0 amide bonds. The van der Waals surface area contributed by atoms with Gasteiger partial charge < -0.3 is 15.5 Å². The largest absolute Gasteiger partial charge is 0.385 e. The molecule has 0 spiro atoms. The lowest BCUT2D eigenvalue weighted by molar-refractivity contribution is -0.0419. The van der Waals surface area contributed by atoms with E-state index < -0.39 is 6.29 Å². The average Bonchev–Trinajstić information content (AvgIpc) is 2.05. The molecule has 3 nitrogen and oxygen atoms in total. The molecule has 0 aliphatic rings. The van der Waals surface area contributed by atoms with Gasteiger partial charge in [0.15, 0.2) is 6.29 Å². The molecule has 0 atom stereocenters. The van der Waals surface area contributed by atoms with Crippen molar-refractivity contribution in [3.05, 3.63) is 29.8 Å². The summed E-state index contributed by atoms with van der Waals surface area (Å²) in [5.74, 6) is 0. The molecule has 0 aromatic heterocycles. The average molecular weight is 167 g/mol. The van der Waals surface area contributed by atoms with Crippen molar-refractivity contribution in [2.75, 3.05) is 11.9 Å². The zero-order valence-corrected chi connectivity index (χ0v) is 6.99. The Bertz CT molecular complexity index is 248. The highest BCUT2D eigenvalue weighted by atomic mass is 16.5. The van der Waals surface area contributed by atoms with Crippen LogP contribution in [0.1, 0.15) is 18.8 Å². The van der Waals surface area contributed by atoms with Gasteiger partial charge in [0.05, 0.1) is 0 Å². The Kier molecular flexibility index (Phi) is 3.08. The van der Waals surface area contributed by atoms with Crippen LogP contribution in [0.15, 0.2) is 24.3 Å². The van der Waals surface area contributed by atoms with Crippen LogP contribution in [0.3, 0.4) is 0 Å². The zero-order chi connectivity index (χ0) is 8.97. The molecule has 0 bridgehead atoms. The molecule has 0 unspecified atom stereocenters. The van der Waals surface area contributed by atoms with Crippen molar-refractivity contribution in [1.29, 1.82) is 0 Å². The summed E-state index contributed by atoms with van der Waals surface area (Å²) < 4.78 is 0. The van der Waals surface area contributed by atoms with Crippen LogP contribution >= 0.6 is 0 Å². The van der Waals surface area contributed by atoms with Crippen molar-refractivity contribution in [3.8, 4) is 0 Å². The topological polar surface area (TPSA) is 52.5 Å². The number of hydrogen-bond acceptors (Lipinski definition) is 3. The van der Waals surface area contributed by atoms with E-state index in [4.69, 9.17) is 10.2 Å². The summed E-state index contributed by atoms with van der Waals surface area (Å²) in [6.07, 6.45) is -1.40. The van der Waals surface area contributed by atoms with Crippen molar-refractivity contribution >= 4 is 5.69 Å². The number of nitrogens with one attached hydrogen (secondary N) is 1. The smallest absolute Gasteiger partial charge is 0.180 e. The van der Waals surface area contributed by atoms with Gasteiger partial charge in [-0.1, -0.05) is 18.2 Å². The number of aliphatic hydroxyl groups is 2. The molecule has 3 N–H and O–H groups in total. The Morgan fingerprint density at radius 1 is 1.33 bits per heavy atom. The monoisotopic (exact) mass is 167 g/mol. The van der Waals surface area contributed by atoms with Gasteiger partial charge in [-0.3, -0.25) is 0 Å². The van der Waals surface area contributed by atoms with Gasteiger partial charge >= 0.3 is 0 Å². The first-order valence-electron chi connectivity index (χ1n) is 3.94. The Morgan fingerprint density at radius 3 is 2.58 bits per heavy atom. The second-order valence-electron chi connectivity index (χ2n) is 2.49. The molecule has 0 heterocycles. The summed E-state index contributed by atoms with van der Waals surface area (Å²) in [6.45, 7) is 2.73. The van der Waals surface area contributed by atoms with Crippen molar-refractivity contribution in [2.45, 2.75) is 13.2 Å². The number of anilines is 1. The molecule has 0 fully saturated rings. The second-order valence-corrected chi connectivity index (χ2v) is 2.49. The summed E-state index contributed by atoms with van der Waals surface area (Å²) in [4.78, 5) is 0. The van der Waals surface area contributed by atoms with Gasteiger partial charge in [-0.2, -0.15) is 0 Å². The predicted octanol–water partition coefficient (Wildman–Crippen LogP) is 1.10. The van der Waals surface area contributed by atoms with Gasteiger partial charge in [-0.05, 0) is 13.0 Å².